The minimum Gasteiger partial charge on any atom is -0.375 e. The first-order chi connectivity index (χ1) is 29.3. The van der Waals surface area contributed by atoms with Gasteiger partial charge in [0.05, 0.1) is 47.4 Å². The first kappa shape index (κ1) is 43.9. The first-order valence-corrected chi connectivity index (χ1v) is 22.8. The third-order valence-corrected chi connectivity index (χ3v) is 16.2. The summed E-state index contributed by atoms with van der Waals surface area (Å²) < 4.78 is 90.4. The molecule has 2 aliphatic carbocycles. The van der Waals surface area contributed by atoms with Crippen LogP contribution in [0.25, 0.3) is 0 Å². The summed E-state index contributed by atoms with van der Waals surface area (Å²) in [6, 6.07) is 4.06. The van der Waals surface area contributed by atoms with Gasteiger partial charge >= 0.3 is 12.4 Å². The normalized spacial score (nSPS) is 33.4. The Morgan fingerprint density at radius 1 is 0.661 bits per heavy atom. The number of pyridine rings is 2. The number of likely N-dealkylation sites (tertiary alicyclic amines) is 2. The molecule has 0 spiro atoms. The predicted octanol–water partition coefficient (Wildman–Crippen LogP) is 7.31. The molecule has 8 heterocycles. The standard InChI is InChI=1S/2C23H30F3N3O2/c2*1-14(2)22(5-3-17(9-22)29-12-19-8-18(29)13-31-19)21(30)28-6-4-20-15(11-28)7-16(10-27-20)23(24,25)26/h2*7,10,14,17-19H,3-6,8-9,11-13H2,1-2H3/t17-,18+,19+,22+;17-,18-,19-,22-/m10/s1. The van der Waals surface area contributed by atoms with Gasteiger partial charge < -0.3 is 19.3 Å². The number of carbonyl (C=O) groups excluding carboxylic acids is 2. The van der Waals surface area contributed by atoms with Gasteiger partial charge in [0.1, 0.15) is 0 Å². The van der Waals surface area contributed by atoms with Crippen LogP contribution in [-0.2, 0) is 57.3 Å². The summed E-state index contributed by atoms with van der Waals surface area (Å²) in [4.78, 5) is 44.4. The lowest BCUT2D eigenvalue weighted by atomic mass is 9.73. The molecule has 0 radical (unpaired) electrons. The van der Waals surface area contributed by atoms with E-state index >= 15 is 0 Å². The summed E-state index contributed by atoms with van der Waals surface area (Å²) in [6.07, 6.45) is 2.16. The number of rotatable bonds is 6. The predicted molar refractivity (Wildman–Crippen MR) is 216 cm³/mol. The van der Waals surface area contributed by atoms with Crippen molar-refractivity contribution in [2.45, 2.75) is 154 Å². The van der Waals surface area contributed by atoms with Crippen molar-refractivity contribution in [2.24, 2.45) is 22.7 Å². The zero-order valence-corrected chi connectivity index (χ0v) is 36.2. The maximum absolute atomic E-state index is 13.8. The number of halogens is 6. The molecular weight excluding hydrogens is 815 g/mol. The van der Waals surface area contributed by atoms with Crippen LogP contribution in [0, 0.1) is 22.7 Å². The number of hydrogen-bond acceptors (Lipinski definition) is 8. The van der Waals surface area contributed by atoms with Gasteiger partial charge in [0, 0.05) is 100 Å². The number of morpholine rings is 2. The molecule has 8 atom stereocenters. The summed E-state index contributed by atoms with van der Waals surface area (Å²) in [5.41, 5.74) is 0.0207. The second kappa shape index (κ2) is 16.3. The van der Waals surface area contributed by atoms with E-state index in [1.54, 1.807) is 9.80 Å². The van der Waals surface area contributed by atoms with Crippen molar-refractivity contribution in [3.8, 4) is 0 Å². The fourth-order valence-electron chi connectivity index (χ4n) is 12.5. The summed E-state index contributed by atoms with van der Waals surface area (Å²) in [5.74, 6) is 0.575. The summed E-state index contributed by atoms with van der Waals surface area (Å²) in [7, 11) is 0. The number of carbonyl (C=O) groups is 2. The van der Waals surface area contributed by atoms with Gasteiger partial charge in [-0.15, -0.1) is 0 Å². The Labute approximate surface area is 360 Å². The molecule has 4 bridgehead atoms. The average molecular weight is 875 g/mol. The Balaban J connectivity index is 0.000000158. The number of fused-ring (bicyclic) bond motifs is 6. The fourth-order valence-corrected chi connectivity index (χ4v) is 12.5. The van der Waals surface area contributed by atoms with E-state index in [0.717, 1.165) is 90.1 Å². The summed E-state index contributed by atoms with van der Waals surface area (Å²) in [5, 5.41) is 0. The monoisotopic (exact) mass is 874 g/mol. The molecule has 2 aromatic heterocycles. The van der Waals surface area contributed by atoms with Crippen molar-refractivity contribution >= 4 is 11.8 Å². The van der Waals surface area contributed by atoms with Crippen LogP contribution in [0.2, 0.25) is 0 Å². The maximum atomic E-state index is 13.8. The average Bonchev–Trinajstić information content (AvgIpc) is 4.11. The largest absolute Gasteiger partial charge is 0.417 e. The highest BCUT2D eigenvalue weighted by atomic mass is 19.4. The molecule has 2 saturated carbocycles. The lowest BCUT2D eigenvalue weighted by Gasteiger charge is -2.40. The molecule has 16 heteroatoms. The number of amides is 2. The molecule has 8 aliphatic rings. The molecule has 4 saturated heterocycles. The SMILES string of the molecule is CC(C)[C@]1(C(=O)N2CCc3ncc(C(F)(F)F)cc3C2)CC[C@@H](N2C[C@@H]3C[C@H]2CO3)C1.CC(C)[C@]1(C(=O)N2CCc3ncc(C(F)(F)F)cc3C2)CC[C@H](N2C[C@@H]3C[C@H]2CO3)C1. The van der Waals surface area contributed by atoms with Crippen LogP contribution in [0.1, 0.15) is 113 Å². The molecule has 62 heavy (non-hydrogen) atoms. The molecule has 0 aromatic carbocycles. The van der Waals surface area contributed by atoms with E-state index in [4.69, 9.17) is 9.47 Å². The second-order valence-corrected chi connectivity index (χ2v) is 20.1. The summed E-state index contributed by atoms with van der Waals surface area (Å²) in [6.45, 7) is 13.4. The molecular formula is C46H60F6N6O4. The Kier molecular flexibility index (Phi) is 11.5. The van der Waals surface area contributed by atoms with Crippen LogP contribution in [0.3, 0.4) is 0 Å². The lowest BCUT2D eigenvalue weighted by molar-refractivity contribution is -0.147. The van der Waals surface area contributed by atoms with E-state index in [1.807, 2.05) is 0 Å². The van der Waals surface area contributed by atoms with E-state index in [-0.39, 0.29) is 36.7 Å². The van der Waals surface area contributed by atoms with E-state index < -0.39 is 34.3 Å². The molecule has 10 rings (SSSR count). The lowest BCUT2D eigenvalue weighted by Crippen LogP contribution is -2.49. The highest BCUT2D eigenvalue weighted by molar-refractivity contribution is 5.84. The topological polar surface area (TPSA) is 91.3 Å². The second-order valence-electron chi connectivity index (χ2n) is 20.1. The number of alkyl halides is 6. The molecule has 0 N–H and O–H groups in total. The van der Waals surface area contributed by atoms with Crippen molar-refractivity contribution in [2.75, 3.05) is 39.4 Å². The van der Waals surface area contributed by atoms with Crippen molar-refractivity contribution < 1.29 is 45.4 Å². The third-order valence-electron chi connectivity index (χ3n) is 16.2. The Morgan fingerprint density at radius 2 is 1.06 bits per heavy atom. The Bertz CT molecular complexity index is 1890. The van der Waals surface area contributed by atoms with Crippen molar-refractivity contribution in [3.05, 3.63) is 58.2 Å². The number of ether oxygens (including phenoxy) is 2. The van der Waals surface area contributed by atoms with Crippen LogP contribution in [0.15, 0.2) is 24.5 Å². The van der Waals surface area contributed by atoms with Gasteiger partial charge in [-0.3, -0.25) is 29.4 Å². The van der Waals surface area contributed by atoms with E-state index in [0.29, 0.717) is 84.8 Å². The highest BCUT2D eigenvalue weighted by Gasteiger charge is 2.55. The van der Waals surface area contributed by atoms with Crippen LogP contribution in [0.5, 0.6) is 0 Å². The van der Waals surface area contributed by atoms with Gasteiger partial charge in [-0.25, -0.2) is 0 Å². The number of hydrogen-bond donors (Lipinski definition) is 0. The van der Waals surface area contributed by atoms with Crippen molar-refractivity contribution in [1.29, 1.82) is 0 Å². The van der Waals surface area contributed by atoms with E-state index in [9.17, 15) is 35.9 Å². The van der Waals surface area contributed by atoms with Crippen LogP contribution < -0.4 is 0 Å². The minimum absolute atomic E-state index is 0.105. The van der Waals surface area contributed by atoms with Crippen LogP contribution >= 0.6 is 0 Å². The molecule has 2 amide bonds. The smallest absolute Gasteiger partial charge is 0.375 e. The number of nitrogens with zero attached hydrogens (tertiary/aromatic N) is 6. The van der Waals surface area contributed by atoms with Crippen molar-refractivity contribution in [1.82, 2.24) is 29.6 Å². The Hall–Kier alpha value is -3.34. The molecule has 6 fully saturated rings. The van der Waals surface area contributed by atoms with Gasteiger partial charge in [-0.1, -0.05) is 27.7 Å². The van der Waals surface area contributed by atoms with Crippen LogP contribution in [-0.4, -0.2) is 117 Å². The maximum Gasteiger partial charge on any atom is 0.417 e. The molecule has 10 nitrogen and oxygen atoms in total. The van der Waals surface area contributed by atoms with E-state index in [2.05, 4.69) is 47.5 Å². The molecule has 340 valence electrons. The fraction of sp³-hybridized carbons (Fsp3) is 0.739. The van der Waals surface area contributed by atoms with Gasteiger partial charge in [-0.05, 0) is 86.5 Å². The zero-order valence-electron chi connectivity index (χ0n) is 36.2. The minimum atomic E-state index is -4.43. The van der Waals surface area contributed by atoms with Gasteiger partial charge in [-0.2, -0.15) is 26.3 Å². The van der Waals surface area contributed by atoms with Crippen LogP contribution in [0.4, 0.5) is 26.3 Å². The molecule has 0 unspecified atom stereocenters. The van der Waals surface area contributed by atoms with E-state index in [1.165, 1.54) is 12.1 Å². The van der Waals surface area contributed by atoms with Gasteiger partial charge in [0.2, 0.25) is 11.8 Å². The third kappa shape index (κ3) is 7.94. The first-order valence-electron chi connectivity index (χ1n) is 22.8. The highest BCUT2D eigenvalue weighted by Crippen LogP contribution is 2.51. The zero-order chi connectivity index (χ0) is 43.9. The van der Waals surface area contributed by atoms with Crippen molar-refractivity contribution in [3.63, 3.8) is 0 Å². The quantitative estimate of drug-likeness (QED) is 0.280. The molecule has 2 aromatic rings. The number of aromatic nitrogens is 2. The summed E-state index contributed by atoms with van der Waals surface area (Å²) >= 11 is 0. The van der Waals surface area contributed by atoms with Gasteiger partial charge in [0.25, 0.3) is 0 Å². The van der Waals surface area contributed by atoms with Gasteiger partial charge in [0.15, 0.2) is 0 Å². The Morgan fingerprint density at radius 3 is 1.39 bits per heavy atom. The molecule has 6 aliphatic heterocycles.